The van der Waals surface area contributed by atoms with Crippen LogP contribution in [0.1, 0.15) is 47.7 Å². The van der Waals surface area contributed by atoms with Gasteiger partial charge in [-0.25, -0.2) is 9.59 Å². The quantitative estimate of drug-likeness (QED) is 0.393. The van der Waals surface area contributed by atoms with Crippen LogP contribution in [0.15, 0.2) is 66.7 Å². The van der Waals surface area contributed by atoms with Crippen molar-refractivity contribution in [1.82, 2.24) is 5.32 Å². The predicted octanol–water partition coefficient (Wildman–Crippen LogP) is 5.68. The van der Waals surface area contributed by atoms with Crippen molar-refractivity contribution in [2.45, 2.75) is 31.7 Å². The third-order valence-corrected chi connectivity index (χ3v) is 6.55. The molecule has 4 rings (SSSR count). The van der Waals surface area contributed by atoms with Gasteiger partial charge in [-0.05, 0) is 53.8 Å². The first kappa shape index (κ1) is 24.3. The van der Waals surface area contributed by atoms with E-state index in [0.717, 1.165) is 22.3 Å². The van der Waals surface area contributed by atoms with Crippen molar-refractivity contribution in [2.75, 3.05) is 11.9 Å². The SMILES string of the molecule is CCC(C)(NC(=O)OCC1c2ccccc2-c2ccccc21)C(=O)Nc1cc(Cl)cc(C(=O)O)c1. The fraction of sp³-hybridized carbons (Fsp3) is 0.222. The number of carboxylic acids is 1. The van der Waals surface area contributed by atoms with E-state index in [-0.39, 0.29) is 35.2 Å². The monoisotopic (exact) mass is 492 g/mol. The predicted molar refractivity (Wildman–Crippen MR) is 134 cm³/mol. The Balaban J connectivity index is 1.44. The van der Waals surface area contributed by atoms with Crippen LogP contribution < -0.4 is 10.6 Å². The molecule has 0 saturated carbocycles. The van der Waals surface area contributed by atoms with Gasteiger partial charge in [0.2, 0.25) is 5.91 Å². The van der Waals surface area contributed by atoms with Gasteiger partial charge in [0.05, 0.1) is 5.56 Å². The minimum Gasteiger partial charge on any atom is -0.478 e. The van der Waals surface area contributed by atoms with Crippen LogP contribution in [0.4, 0.5) is 10.5 Å². The molecular formula is C27H25ClN2O5. The van der Waals surface area contributed by atoms with E-state index in [0.29, 0.717) is 0 Å². The van der Waals surface area contributed by atoms with Gasteiger partial charge in [-0.3, -0.25) is 4.79 Å². The zero-order valence-electron chi connectivity index (χ0n) is 19.3. The van der Waals surface area contributed by atoms with Crippen LogP contribution >= 0.6 is 11.6 Å². The molecule has 0 aliphatic heterocycles. The molecule has 1 aliphatic carbocycles. The molecule has 3 aromatic carbocycles. The minimum atomic E-state index is -1.30. The number of hydrogen-bond acceptors (Lipinski definition) is 4. The number of anilines is 1. The smallest absolute Gasteiger partial charge is 0.408 e. The molecule has 35 heavy (non-hydrogen) atoms. The van der Waals surface area contributed by atoms with E-state index in [9.17, 15) is 19.5 Å². The summed E-state index contributed by atoms with van der Waals surface area (Å²) < 4.78 is 5.58. The molecule has 7 nitrogen and oxygen atoms in total. The molecule has 0 aromatic heterocycles. The fourth-order valence-corrected chi connectivity index (χ4v) is 4.45. The number of aromatic carboxylic acids is 1. The highest BCUT2D eigenvalue weighted by molar-refractivity contribution is 6.31. The first-order valence-corrected chi connectivity index (χ1v) is 11.6. The molecule has 2 amide bonds. The molecule has 1 atom stereocenters. The summed E-state index contributed by atoms with van der Waals surface area (Å²) >= 11 is 5.98. The van der Waals surface area contributed by atoms with Crippen LogP contribution in [0.25, 0.3) is 11.1 Å². The minimum absolute atomic E-state index is 0.0597. The molecule has 8 heteroatoms. The molecule has 180 valence electrons. The lowest BCUT2D eigenvalue weighted by Gasteiger charge is -2.28. The van der Waals surface area contributed by atoms with E-state index >= 15 is 0 Å². The summed E-state index contributed by atoms with van der Waals surface area (Å²) in [5.41, 5.74) is 3.29. The summed E-state index contributed by atoms with van der Waals surface area (Å²) in [6.07, 6.45) is -0.446. The number of alkyl carbamates (subject to hydrolysis) is 1. The lowest BCUT2D eigenvalue weighted by molar-refractivity contribution is -0.121. The van der Waals surface area contributed by atoms with Crippen molar-refractivity contribution in [2.24, 2.45) is 0 Å². The van der Waals surface area contributed by atoms with E-state index in [1.807, 2.05) is 36.4 Å². The third kappa shape index (κ3) is 5.00. The van der Waals surface area contributed by atoms with Crippen molar-refractivity contribution in [3.8, 4) is 11.1 Å². The second-order valence-corrected chi connectivity index (χ2v) is 9.06. The number of carbonyl (C=O) groups excluding carboxylic acids is 2. The number of carboxylic acid groups (broad SMARTS) is 1. The summed E-state index contributed by atoms with van der Waals surface area (Å²) in [5.74, 6) is -1.79. The van der Waals surface area contributed by atoms with Crippen molar-refractivity contribution in [3.05, 3.63) is 88.4 Å². The largest absolute Gasteiger partial charge is 0.478 e. The average Bonchev–Trinajstić information content (AvgIpc) is 3.16. The van der Waals surface area contributed by atoms with E-state index in [4.69, 9.17) is 16.3 Å². The Hall–Kier alpha value is -3.84. The normalized spacial score (nSPS) is 13.8. The van der Waals surface area contributed by atoms with E-state index in [1.54, 1.807) is 13.8 Å². The number of halogens is 1. The second-order valence-electron chi connectivity index (χ2n) is 8.62. The summed E-state index contributed by atoms with van der Waals surface area (Å²) in [6.45, 7) is 3.45. The number of benzene rings is 3. The highest BCUT2D eigenvalue weighted by Crippen LogP contribution is 2.44. The maximum Gasteiger partial charge on any atom is 0.408 e. The van der Waals surface area contributed by atoms with E-state index in [2.05, 4.69) is 22.8 Å². The van der Waals surface area contributed by atoms with Gasteiger partial charge in [-0.1, -0.05) is 67.1 Å². The highest BCUT2D eigenvalue weighted by Gasteiger charge is 2.35. The maximum absolute atomic E-state index is 13.0. The Morgan fingerprint density at radius 3 is 2.17 bits per heavy atom. The van der Waals surface area contributed by atoms with Crippen molar-refractivity contribution < 1.29 is 24.2 Å². The van der Waals surface area contributed by atoms with Crippen LogP contribution in [0.2, 0.25) is 5.02 Å². The van der Waals surface area contributed by atoms with Gasteiger partial charge in [0, 0.05) is 16.6 Å². The number of nitrogens with one attached hydrogen (secondary N) is 2. The topological polar surface area (TPSA) is 105 Å². The van der Waals surface area contributed by atoms with Crippen molar-refractivity contribution in [3.63, 3.8) is 0 Å². The van der Waals surface area contributed by atoms with Crippen LogP contribution in [-0.4, -0.2) is 35.2 Å². The summed E-state index contributed by atoms with van der Waals surface area (Å²) in [5, 5.41) is 14.7. The van der Waals surface area contributed by atoms with Gasteiger partial charge in [0.15, 0.2) is 0 Å². The molecule has 0 heterocycles. The number of hydrogen-bond donors (Lipinski definition) is 3. The summed E-state index contributed by atoms with van der Waals surface area (Å²) in [6, 6.07) is 20.1. The third-order valence-electron chi connectivity index (χ3n) is 6.33. The number of carbonyl (C=O) groups is 3. The summed E-state index contributed by atoms with van der Waals surface area (Å²) in [7, 11) is 0. The van der Waals surface area contributed by atoms with Gasteiger partial charge < -0.3 is 20.5 Å². The van der Waals surface area contributed by atoms with Gasteiger partial charge in [0.1, 0.15) is 12.1 Å². The number of amides is 2. The van der Waals surface area contributed by atoms with Gasteiger partial charge in [-0.2, -0.15) is 0 Å². The molecule has 0 fully saturated rings. The molecule has 0 saturated heterocycles. The maximum atomic E-state index is 13.0. The Labute approximate surface area is 208 Å². The molecular weight excluding hydrogens is 468 g/mol. The average molecular weight is 493 g/mol. The van der Waals surface area contributed by atoms with Crippen molar-refractivity contribution in [1.29, 1.82) is 0 Å². The lowest BCUT2D eigenvalue weighted by Crippen LogP contribution is -2.54. The number of fused-ring (bicyclic) bond motifs is 3. The van der Waals surface area contributed by atoms with E-state index < -0.39 is 23.5 Å². The Morgan fingerprint density at radius 1 is 1.00 bits per heavy atom. The van der Waals surface area contributed by atoms with Crippen LogP contribution in [0.3, 0.4) is 0 Å². The molecule has 1 unspecified atom stereocenters. The molecule has 0 bridgehead atoms. The molecule has 0 spiro atoms. The standard InChI is InChI=1S/C27H25ClN2O5/c1-3-27(2,25(33)29-18-13-16(24(31)32)12-17(28)14-18)30-26(34)35-15-23-21-10-6-4-8-19(21)20-9-5-7-11-22(20)23/h4-14,23H,3,15H2,1-2H3,(H,29,33)(H,30,34)(H,31,32). The summed E-state index contributed by atoms with van der Waals surface area (Å²) in [4.78, 5) is 37.0. The molecule has 3 aromatic rings. The first-order chi connectivity index (χ1) is 16.7. The zero-order chi connectivity index (χ0) is 25.2. The highest BCUT2D eigenvalue weighted by atomic mass is 35.5. The molecule has 3 N–H and O–H groups in total. The van der Waals surface area contributed by atoms with Crippen LogP contribution in [0.5, 0.6) is 0 Å². The Bertz CT molecular complexity index is 1260. The fourth-order valence-electron chi connectivity index (χ4n) is 4.22. The Kier molecular flexibility index (Phi) is 6.80. The van der Waals surface area contributed by atoms with Crippen molar-refractivity contribution >= 4 is 35.3 Å². The van der Waals surface area contributed by atoms with Gasteiger partial charge >= 0.3 is 12.1 Å². The number of rotatable bonds is 7. The molecule has 1 aliphatic rings. The van der Waals surface area contributed by atoms with E-state index in [1.165, 1.54) is 18.2 Å². The van der Waals surface area contributed by atoms with Crippen LogP contribution in [-0.2, 0) is 9.53 Å². The second kappa shape index (κ2) is 9.80. The Morgan fingerprint density at radius 2 is 1.60 bits per heavy atom. The number of ether oxygens (including phenoxy) is 1. The zero-order valence-corrected chi connectivity index (χ0v) is 20.1. The first-order valence-electron chi connectivity index (χ1n) is 11.2. The van der Waals surface area contributed by atoms with Crippen LogP contribution in [0, 0.1) is 0 Å². The lowest BCUT2D eigenvalue weighted by atomic mass is 9.97. The molecule has 0 radical (unpaired) electrons. The van der Waals surface area contributed by atoms with Gasteiger partial charge in [-0.15, -0.1) is 0 Å². The van der Waals surface area contributed by atoms with Gasteiger partial charge in [0.25, 0.3) is 0 Å².